The summed E-state index contributed by atoms with van der Waals surface area (Å²) in [5, 5.41) is 9.50. The summed E-state index contributed by atoms with van der Waals surface area (Å²) in [6, 6.07) is 15.5. The molecule has 9 nitrogen and oxygen atoms in total. The summed E-state index contributed by atoms with van der Waals surface area (Å²) >= 11 is 0. The van der Waals surface area contributed by atoms with E-state index in [2.05, 4.69) is 89.6 Å². The van der Waals surface area contributed by atoms with Crippen molar-refractivity contribution >= 4 is 16.9 Å². The summed E-state index contributed by atoms with van der Waals surface area (Å²) in [6.07, 6.45) is 1.88. The number of hydrogen-bond acceptors (Lipinski definition) is 8. The van der Waals surface area contributed by atoms with Gasteiger partial charge in [-0.3, -0.25) is 14.4 Å². The summed E-state index contributed by atoms with van der Waals surface area (Å²) in [4.78, 5) is 29.4. The van der Waals surface area contributed by atoms with Crippen molar-refractivity contribution in [1.29, 1.82) is 5.26 Å². The van der Waals surface area contributed by atoms with Gasteiger partial charge < -0.3 is 9.64 Å². The van der Waals surface area contributed by atoms with Gasteiger partial charge >= 0.3 is 5.69 Å². The zero-order chi connectivity index (χ0) is 29.3. The molecule has 2 aliphatic rings. The summed E-state index contributed by atoms with van der Waals surface area (Å²) < 4.78 is 7.09. The predicted molar refractivity (Wildman–Crippen MR) is 162 cm³/mol. The van der Waals surface area contributed by atoms with Crippen LogP contribution < -0.4 is 10.6 Å². The first-order valence-corrected chi connectivity index (χ1v) is 14.9. The summed E-state index contributed by atoms with van der Waals surface area (Å²) in [7, 11) is 1.70. The molecule has 0 saturated carbocycles. The first-order valence-electron chi connectivity index (χ1n) is 14.9. The Kier molecular flexibility index (Phi) is 8.46. The molecule has 5 rings (SSSR count). The quantitative estimate of drug-likeness (QED) is 0.427. The highest BCUT2D eigenvalue weighted by molar-refractivity contribution is 5.86. The molecule has 2 fully saturated rings. The monoisotopic (exact) mass is 557 g/mol. The average Bonchev–Trinajstić information content (AvgIpc) is 3.02. The van der Waals surface area contributed by atoms with Crippen LogP contribution in [-0.4, -0.2) is 75.8 Å². The van der Waals surface area contributed by atoms with Crippen LogP contribution in [0.1, 0.15) is 70.3 Å². The van der Waals surface area contributed by atoms with Crippen molar-refractivity contribution in [3.8, 4) is 6.07 Å². The Balaban J connectivity index is 1.42. The highest BCUT2D eigenvalue weighted by atomic mass is 16.5. The normalized spacial score (nSPS) is 21.6. The number of fused-ring (bicyclic) bond motifs is 1. The van der Waals surface area contributed by atoms with Crippen molar-refractivity contribution < 1.29 is 4.74 Å². The number of hydrogen-bond donors (Lipinski definition) is 0. The summed E-state index contributed by atoms with van der Waals surface area (Å²) in [5.41, 5.74) is 3.91. The second-order valence-corrected chi connectivity index (χ2v) is 11.9. The van der Waals surface area contributed by atoms with E-state index in [1.807, 2.05) is 0 Å². The molecule has 2 saturated heterocycles. The average molecular weight is 558 g/mol. The Morgan fingerprint density at radius 1 is 1.02 bits per heavy atom. The zero-order valence-corrected chi connectivity index (χ0v) is 25.3. The van der Waals surface area contributed by atoms with Crippen LogP contribution in [0.15, 0.2) is 41.2 Å². The van der Waals surface area contributed by atoms with E-state index in [-0.39, 0.29) is 29.4 Å². The van der Waals surface area contributed by atoms with Crippen LogP contribution in [0.2, 0.25) is 0 Å². The molecule has 218 valence electrons. The van der Waals surface area contributed by atoms with Gasteiger partial charge in [-0.15, -0.1) is 0 Å². The molecule has 0 aliphatic carbocycles. The molecule has 0 amide bonds. The maximum atomic E-state index is 12.9. The second-order valence-electron chi connectivity index (χ2n) is 11.9. The van der Waals surface area contributed by atoms with E-state index in [4.69, 9.17) is 4.74 Å². The Bertz CT molecular complexity index is 1470. The van der Waals surface area contributed by atoms with Crippen LogP contribution in [0.3, 0.4) is 0 Å². The van der Waals surface area contributed by atoms with E-state index < -0.39 is 0 Å². The van der Waals surface area contributed by atoms with Gasteiger partial charge in [0.05, 0.1) is 18.7 Å². The number of anilines is 1. The minimum atomic E-state index is -0.308. The predicted octanol–water partition coefficient (Wildman–Crippen LogP) is 4.21. The smallest absolute Gasteiger partial charge is 0.349 e. The fourth-order valence-corrected chi connectivity index (χ4v) is 6.56. The van der Waals surface area contributed by atoms with Crippen molar-refractivity contribution in [2.24, 2.45) is 7.05 Å². The van der Waals surface area contributed by atoms with Gasteiger partial charge in [0, 0.05) is 56.9 Å². The van der Waals surface area contributed by atoms with Crippen molar-refractivity contribution in [2.75, 3.05) is 44.3 Å². The zero-order valence-electron chi connectivity index (χ0n) is 25.3. The Morgan fingerprint density at radius 3 is 2.34 bits per heavy atom. The number of aryl methyl sites for hydroxylation is 1. The van der Waals surface area contributed by atoms with Crippen LogP contribution >= 0.6 is 0 Å². The van der Waals surface area contributed by atoms with Crippen LogP contribution in [0.5, 0.6) is 0 Å². The molecule has 2 aromatic heterocycles. The van der Waals surface area contributed by atoms with Gasteiger partial charge in [-0.05, 0) is 56.9 Å². The lowest BCUT2D eigenvalue weighted by Gasteiger charge is -2.49. The Morgan fingerprint density at radius 2 is 1.71 bits per heavy atom. The van der Waals surface area contributed by atoms with E-state index in [1.165, 1.54) is 15.7 Å². The minimum absolute atomic E-state index is 0.0433. The van der Waals surface area contributed by atoms with Crippen LogP contribution in [0.25, 0.3) is 11.0 Å². The third kappa shape index (κ3) is 5.49. The highest BCUT2D eigenvalue weighted by Crippen LogP contribution is 2.35. The lowest BCUT2D eigenvalue weighted by atomic mass is 9.89. The molecule has 3 atom stereocenters. The SMILES string of the molecule is CC[C@H]1CN(C(C)c2ccc(C(C)(C)N3CCOCC3)cc2)[C@H](CC)CN1c1nc(=O)n(C)c2ccc(C#N)nc12. The molecular weight excluding hydrogens is 514 g/mol. The van der Waals surface area contributed by atoms with Crippen molar-refractivity contribution in [1.82, 2.24) is 24.3 Å². The fourth-order valence-electron chi connectivity index (χ4n) is 6.56. The lowest BCUT2D eigenvalue weighted by Crippen LogP contribution is -2.59. The number of ether oxygens (including phenoxy) is 1. The number of pyridine rings is 1. The molecule has 3 aromatic rings. The van der Waals surface area contributed by atoms with Gasteiger partial charge in [-0.2, -0.15) is 10.2 Å². The molecule has 2 aliphatic heterocycles. The number of benzene rings is 1. The highest BCUT2D eigenvalue weighted by Gasteiger charge is 2.37. The second kappa shape index (κ2) is 11.9. The molecule has 0 radical (unpaired) electrons. The molecule has 0 N–H and O–H groups in total. The number of nitrogens with zero attached hydrogens (tertiary/aromatic N) is 7. The number of rotatable bonds is 7. The van der Waals surface area contributed by atoms with E-state index in [9.17, 15) is 10.1 Å². The van der Waals surface area contributed by atoms with Gasteiger partial charge in [-0.25, -0.2) is 9.78 Å². The molecule has 1 unspecified atom stereocenters. The third-order valence-corrected chi connectivity index (χ3v) is 9.40. The fraction of sp³-hybridized carbons (Fsp3) is 0.562. The van der Waals surface area contributed by atoms with Gasteiger partial charge in [0.1, 0.15) is 17.3 Å². The largest absolute Gasteiger partial charge is 0.379 e. The maximum Gasteiger partial charge on any atom is 0.349 e. The van der Waals surface area contributed by atoms with E-state index in [0.29, 0.717) is 22.5 Å². The lowest BCUT2D eigenvalue weighted by molar-refractivity contribution is -0.0118. The molecule has 1 aromatic carbocycles. The van der Waals surface area contributed by atoms with Crippen molar-refractivity contribution in [3.63, 3.8) is 0 Å². The Hall–Kier alpha value is -3.32. The van der Waals surface area contributed by atoms with Crippen LogP contribution in [-0.2, 0) is 17.3 Å². The van der Waals surface area contributed by atoms with Crippen LogP contribution in [0.4, 0.5) is 5.82 Å². The topological polar surface area (TPSA) is 90.5 Å². The maximum absolute atomic E-state index is 12.9. The minimum Gasteiger partial charge on any atom is -0.379 e. The summed E-state index contributed by atoms with van der Waals surface area (Å²) in [5.74, 6) is 0.590. The molecule has 0 bridgehead atoms. The van der Waals surface area contributed by atoms with Gasteiger partial charge in [-0.1, -0.05) is 38.1 Å². The molecule has 4 heterocycles. The molecule has 9 heteroatoms. The number of morpholine rings is 1. The molecule has 0 spiro atoms. The number of piperazine rings is 1. The first-order chi connectivity index (χ1) is 19.7. The van der Waals surface area contributed by atoms with E-state index >= 15 is 0 Å². The third-order valence-electron chi connectivity index (χ3n) is 9.40. The number of nitriles is 1. The summed E-state index contributed by atoms with van der Waals surface area (Å²) in [6.45, 7) is 16.4. The van der Waals surface area contributed by atoms with Gasteiger partial charge in [0.15, 0.2) is 5.82 Å². The Labute approximate surface area is 243 Å². The molecular formula is C32H43N7O2. The van der Waals surface area contributed by atoms with Crippen molar-refractivity contribution in [3.05, 3.63) is 63.7 Å². The van der Waals surface area contributed by atoms with Gasteiger partial charge in [0.2, 0.25) is 0 Å². The molecule has 41 heavy (non-hydrogen) atoms. The van der Waals surface area contributed by atoms with Gasteiger partial charge in [0.25, 0.3) is 0 Å². The van der Waals surface area contributed by atoms with Crippen LogP contribution in [0, 0.1) is 11.3 Å². The van der Waals surface area contributed by atoms with E-state index in [0.717, 1.165) is 52.2 Å². The standard InChI is InChI=1S/C32H43N7O2/c1-7-26-21-39(30-29-28(36(6)31(40)35-30)14-13-25(19-33)34-29)27(8-2)20-38(26)22(3)23-9-11-24(12-10-23)32(4,5)37-15-17-41-18-16-37/h9-14,22,26-27H,7-8,15-18,20-21H2,1-6H3/t22?,26-,27+/m1/s1. The van der Waals surface area contributed by atoms with E-state index in [1.54, 1.807) is 19.2 Å². The number of aromatic nitrogens is 3. The van der Waals surface area contributed by atoms with Crippen molar-refractivity contribution in [2.45, 2.75) is 71.1 Å². The first kappa shape index (κ1) is 29.2.